The van der Waals surface area contributed by atoms with Crippen LogP contribution in [0, 0.1) is 5.82 Å². The number of halogens is 1. The highest BCUT2D eigenvalue weighted by Crippen LogP contribution is 2.20. The molecule has 5 nitrogen and oxygen atoms in total. The van der Waals surface area contributed by atoms with Crippen LogP contribution in [-0.2, 0) is 9.53 Å². The SMILES string of the molecule is O=C(/C=C/c1ccncc1)Nc1ccc(NC[C@@H]2CCCO2)c(F)c1. The van der Waals surface area contributed by atoms with Crippen molar-refractivity contribution in [2.75, 3.05) is 23.8 Å². The van der Waals surface area contributed by atoms with Crippen LogP contribution in [-0.4, -0.2) is 30.1 Å². The zero-order valence-electron chi connectivity index (χ0n) is 13.7. The van der Waals surface area contributed by atoms with Crippen molar-refractivity contribution < 1.29 is 13.9 Å². The standard InChI is InChI=1S/C19H20FN3O2/c20-17-12-15(4-5-18(17)22-13-16-2-1-11-25-16)23-19(24)6-3-14-7-9-21-10-8-14/h3-10,12,16,22H,1-2,11,13H2,(H,23,24)/b6-3+/t16-/m0/s1. The molecule has 2 aromatic rings. The molecule has 6 heteroatoms. The van der Waals surface area contributed by atoms with Gasteiger partial charge in [0.15, 0.2) is 0 Å². The average molecular weight is 341 g/mol. The molecule has 1 atom stereocenters. The number of hydrogen-bond donors (Lipinski definition) is 2. The molecule has 0 radical (unpaired) electrons. The minimum Gasteiger partial charge on any atom is -0.380 e. The second-order valence-electron chi connectivity index (χ2n) is 5.81. The van der Waals surface area contributed by atoms with Crippen molar-refractivity contribution >= 4 is 23.4 Å². The lowest BCUT2D eigenvalue weighted by atomic mass is 10.2. The van der Waals surface area contributed by atoms with E-state index in [2.05, 4.69) is 15.6 Å². The van der Waals surface area contributed by atoms with Gasteiger partial charge in [0.05, 0.1) is 11.8 Å². The Morgan fingerprint density at radius 2 is 2.16 bits per heavy atom. The fourth-order valence-electron chi connectivity index (χ4n) is 2.60. The average Bonchev–Trinajstić information content (AvgIpc) is 3.14. The molecule has 1 aromatic carbocycles. The first-order valence-electron chi connectivity index (χ1n) is 8.25. The molecular formula is C19H20FN3O2. The molecule has 0 saturated carbocycles. The summed E-state index contributed by atoms with van der Waals surface area (Å²) in [6.45, 7) is 1.35. The fraction of sp³-hybridized carbons (Fsp3) is 0.263. The van der Waals surface area contributed by atoms with E-state index in [-0.39, 0.29) is 12.0 Å². The number of benzene rings is 1. The van der Waals surface area contributed by atoms with Crippen molar-refractivity contribution in [2.45, 2.75) is 18.9 Å². The molecule has 1 fully saturated rings. The van der Waals surface area contributed by atoms with Gasteiger partial charge in [-0.2, -0.15) is 0 Å². The van der Waals surface area contributed by atoms with Gasteiger partial charge in [-0.25, -0.2) is 4.39 Å². The molecule has 3 rings (SSSR count). The van der Waals surface area contributed by atoms with E-state index in [1.54, 1.807) is 42.7 Å². The zero-order valence-corrected chi connectivity index (χ0v) is 13.7. The van der Waals surface area contributed by atoms with Crippen LogP contribution in [0.4, 0.5) is 15.8 Å². The lowest BCUT2D eigenvalue weighted by Crippen LogP contribution is -2.19. The summed E-state index contributed by atoms with van der Waals surface area (Å²) in [5.74, 6) is -0.731. The summed E-state index contributed by atoms with van der Waals surface area (Å²) in [5.41, 5.74) is 1.68. The third kappa shape index (κ3) is 5.12. The Labute approximate surface area is 145 Å². The number of nitrogens with one attached hydrogen (secondary N) is 2. The van der Waals surface area contributed by atoms with Gasteiger partial charge in [-0.05, 0) is 54.8 Å². The van der Waals surface area contributed by atoms with Gasteiger partial charge in [-0.1, -0.05) is 0 Å². The van der Waals surface area contributed by atoms with Gasteiger partial charge in [0.25, 0.3) is 0 Å². The maximum Gasteiger partial charge on any atom is 0.248 e. The second-order valence-corrected chi connectivity index (χ2v) is 5.81. The van der Waals surface area contributed by atoms with Crippen molar-refractivity contribution in [1.29, 1.82) is 0 Å². The van der Waals surface area contributed by atoms with Crippen LogP contribution < -0.4 is 10.6 Å². The van der Waals surface area contributed by atoms with Gasteiger partial charge in [0, 0.05) is 37.3 Å². The zero-order chi connectivity index (χ0) is 17.5. The number of anilines is 2. The normalized spacial score (nSPS) is 16.9. The molecule has 1 saturated heterocycles. The van der Waals surface area contributed by atoms with Crippen LogP contribution >= 0.6 is 0 Å². The number of amides is 1. The van der Waals surface area contributed by atoms with Crippen LogP contribution in [0.1, 0.15) is 18.4 Å². The molecule has 0 aliphatic carbocycles. The Bertz CT molecular complexity index is 744. The molecule has 2 heterocycles. The molecular weight excluding hydrogens is 321 g/mol. The molecule has 0 unspecified atom stereocenters. The summed E-state index contributed by atoms with van der Waals surface area (Å²) in [4.78, 5) is 15.8. The first-order chi connectivity index (χ1) is 12.2. The molecule has 1 aliphatic rings. The largest absolute Gasteiger partial charge is 0.380 e. The molecule has 25 heavy (non-hydrogen) atoms. The van der Waals surface area contributed by atoms with Gasteiger partial charge >= 0.3 is 0 Å². The molecule has 1 aromatic heterocycles. The van der Waals surface area contributed by atoms with Crippen LogP contribution in [0.2, 0.25) is 0 Å². The van der Waals surface area contributed by atoms with E-state index < -0.39 is 5.82 Å². The lowest BCUT2D eigenvalue weighted by molar-refractivity contribution is -0.111. The Morgan fingerprint density at radius 3 is 2.88 bits per heavy atom. The Morgan fingerprint density at radius 1 is 1.32 bits per heavy atom. The van der Waals surface area contributed by atoms with E-state index in [1.165, 1.54) is 12.1 Å². The number of hydrogen-bond acceptors (Lipinski definition) is 4. The third-order valence-corrected chi connectivity index (χ3v) is 3.91. The minimum absolute atomic E-state index is 0.136. The monoisotopic (exact) mass is 341 g/mol. The van der Waals surface area contributed by atoms with Gasteiger partial charge in [-0.3, -0.25) is 9.78 Å². The smallest absolute Gasteiger partial charge is 0.248 e. The van der Waals surface area contributed by atoms with E-state index >= 15 is 0 Å². The minimum atomic E-state index is -0.408. The van der Waals surface area contributed by atoms with Crippen LogP contribution in [0.25, 0.3) is 6.08 Å². The van der Waals surface area contributed by atoms with Crippen molar-refractivity contribution in [2.24, 2.45) is 0 Å². The predicted octanol–water partition coefficient (Wildman–Crippen LogP) is 3.46. The quantitative estimate of drug-likeness (QED) is 0.790. The summed E-state index contributed by atoms with van der Waals surface area (Å²) in [5, 5.41) is 5.69. The molecule has 0 bridgehead atoms. The summed E-state index contributed by atoms with van der Waals surface area (Å²) in [6, 6.07) is 8.16. The lowest BCUT2D eigenvalue weighted by Gasteiger charge is -2.13. The maximum absolute atomic E-state index is 14.1. The number of nitrogens with zero attached hydrogens (tertiary/aromatic N) is 1. The summed E-state index contributed by atoms with van der Waals surface area (Å²) < 4.78 is 19.6. The molecule has 1 aliphatic heterocycles. The van der Waals surface area contributed by atoms with Crippen LogP contribution in [0.5, 0.6) is 0 Å². The van der Waals surface area contributed by atoms with E-state index in [1.807, 2.05) is 0 Å². The van der Waals surface area contributed by atoms with Gasteiger partial charge < -0.3 is 15.4 Å². The molecule has 2 N–H and O–H groups in total. The maximum atomic E-state index is 14.1. The van der Waals surface area contributed by atoms with E-state index in [0.29, 0.717) is 17.9 Å². The van der Waals surface area contributed by atoms with Gasteiger partial charge in [-0.15, -0.1) is 0 Å². The van der Waals surface area contributed by atoms with E-state index in [4.69, 9.17) is 4.74 Å². The van der Waals surface area contributed by atoms with Crippen LogP contribution in [0.3, 0.4) is 0 Å². The van der Waals surface area contributed by atoms with Crippen molar-refractivity contribution in [3.8, 4) is 0 Å². The first kappa shape index (κ1) is 17.1. The summed E-state index contributed by atoms with van der Waals surface area (Å²) >= 11 is 0. The van der Waals surface area contributed by atoms with E-state index in [9.17, 15) is 9.18 Å². The topological polar surface area (TPSA) is 63.2 Å². The number of carbonyl (C=O) groups excluding carboxylic acids is 1. The van der Waals surface area contributed by atoms with E-state index in [0.717, 1.165) is 25.0 Å². The Kier molecular flexibility index (Phi) is 5.74. The highest BCUT2D eigenvalue weighted by Gasteiger charge is 2.15. The highest BCUT2D eigenvalue weighted by atomic mass is 19.1. The van der Waals surface area contributed by atoms with Gasteiger partial charge in [0.1, 0.15) is 5.82 Å². The molecule has 1 amide bonds. The third-order valence-electron chi connectivity index (χ3n) is 3.91. The number of ether oxygens (including phenoxy) is 1. The number of carbonyl (C=O) groups is 1. The van der Waals surface area contributed by atoms with Gasteiger partial charge in [0.2, 0.25) is 5.91 Å². The summed E-state index contributed by atoms with van der Waals surface area (Å²) in [7, 11) is 0. The Hall–Kier alpha value is -2.73. The number of aromatic nitrogens is 1. The van der Waals surface area contributed by atoms with Crippen molar-refractivity contribution in [3.05, 3.63) is 60.2 Å². The summed E-state index contributed by atoms with van der Waals surface area (Å²) in [6.07, 6.45) is 8.54. The highest BCUT2D eigenvalue weighted by molar-refractivity contribution is 6.02. The number of rotatable bonds is 6. The predicted molar refractivity (Wildman–Crippen MR) is 95.8 cm³/mol. The number of pyridine rings is 1. The first-order valence-corrected chi connectivity index (χ1v) is 8.25. The van der Waals surface area contributed by atoms with Crippen molar-refractivity contribution in [3.63, 3.8) is 0 Å². The second kappa shape index (κ2) is 8.39. The van der Waals surface area contributed by atoms with Crippen molar-refractivity contribution in [1.82, 2.24) is 4.98 Å². The van der Waals surface area contributed by atoms with Crippen LogP contribution in [0.15, 0.2) is 48.8 Å². The molecule has 130 valence electrons. The Balaban J connectivity index is 1.54. The fourth-order valence-corrected chi connectivity index (χ4v) is 2.60. The molecule has 0 spiro atoms.